The Morgan fingerprint density at radius 2 is 1.32 bits per heavy atom. The highest BCUT2D eigenvalue weighted by molar-refractivity contribution is 5.79. The summed E-state index contributed by atoms with van der Waals surface area (Å²) in [6.45, 7) is 8.00. The smallest absolute Gasteiger partial charge is 0.309 e. The molecular formula is C48H84O9. The topological polar surface area (TPSA) is 125 Å². The van der Waals surface area contributed by atoms with Crippen LogP contribution in [-0.4, -0.2) is 58.0 Å². The largest absolute Gasteiger partial charge is 0.459 e. The summed E-state index contributed by atoms with van der Waals surface area (Å²) in [7, 11) is 0. The number of rotatable bonds is 12. The second-order valence-electron chi connectivity index (χ2n) is 20.4. The van der Waals surface area contributed by atoms with Gasteiger partial charge in [0.2, 0.25) is 0 Å². The quantitative estimate of drug-likeness (QED) is 0.152. The molecule has 0 aromatic carbocycles. The molecule has 1 aliphatic heterocycles. The maximum atomic E-state index is 14.4. The number of carbonyl (C=O) groups excluding carboxylic acids is 4. The molecule has 1 saturated heterocycles. The fourth-order valence-electron chi connectivity index (χ4n) is 14.7. The van der Waals surface area contributed by atoms with E-state index in [0.29, 0.717) is 31.1 Å². The van der Waals surface area contributed by atoms with Crippen molar-refractivity contribution >= 4 is 23.9 Å². The zero-order chi connectivity index (χ0) is 35.7. The van der Waals surface area contributed by atoms with Gasteiger partial charge in [-0.2, -0.15) is 0 Å². The Morgan fingerprint density at radius 1 is 0.754 bits per heavy atom. The van der Waals surface area contributed by atoms with E-state index in [1.807, 2.05) is 6.92 Å². The minimum Gasteiger partial charge on any atom is -0.459 e. The molecule has 10 bridgehead atoms. The van der Waals surface area contributed by atoms with Gasteiger partial charge in [-0.1, -0.05) is 58.4 Å². The monoisotopic (exact) mass is 805 g/mol. The van der Waals surface area contributed by atoms with Gasteiger partial charge < -0.3 is 24.1 Å². The van der Waals surface area contributed by atoms with Crippen LogP contribution in [0.25, 0.3) is 0 Å². The Kier molecular flexibility index (Phi) is 14.7. The molecule has 330 valence electrons. The Labute approximate surface area is 347 Å². The highest BCUT2D eigenvalue weighted by Gasteiger charge is 2.64. The van der Waals surface area contributed by atoms with Crippen molar-refractivity contribution in [2.45, 2.75) is 210 Å². The summed E-state index contributed by atoms with van der Waals surface area (Å²) < 4.78 is 24.8. The van der Waals surface area contributed by atoms with Crippen LogP contribution in [0.2, 0.25) is 0 Å². The lowest BCUT2D eigenvalue weighted by molar-refractivity contribution is -0.223. The van der Waals surface area contributed by atoms with Crippen LogP contribution in [0.4, 0.5) is 0 Å². The molecule has 0 amide bonds. The van der Waals surface area contributed by atoms with E-state index in [1.165, 1.54) is 19.3 Å². The highest BCUT2D eigenvalue weighted by Crippen LogP contribution is 2.65. The van der Waals surface area contributed by atoms with Crippen LogP contribution in [-0.2, 0) is 38.1 Å². The molecule has 9 nitrogen and oxygen atoms in total. The summed E-state index contributed by atoms with van der Waals surface area (Å²) in [5.74, 6) is 0.0905. The van der Waals surface area contributed by atoms with E-state index in [4.69, 9.17) is 18.9 Å². The Hall–Kier alpha value is -2.16. The van der Waals surface area contributed by atoms with Gasteiger partial charge in [0.25, 0.3) is 0 Å². The first kappa shape index (κ1) is 49.2. The maximum absolute atomic E-state index is 14.4. The molecular weight excluding hydrogens is 721 g/mol. The lowest BCUT2D eigenvalue weighted by Crippen LogP contribution is -2.60. The van der Waals surface area contributed by atoms with Crippen molar-refractivity contribution in [2.24, 2.45) is 70.5 Å². The van der Waals surface area contributed by atoms with Gasteiger partial charge in [0.15, 0.2) is 0 Å². The summed E-state index contributed by atoms with van der Waals surface area (Å²) in [5.41, 5.74) is -2.05. The SMILES string of the molecule is C.C.C.C.C.C.CCC(CC(CC(C)C(=O)OC1C2CC3C(=O)OC1C3C2)C(=O)OC12CC3CC(CC(O)(C3)C1)C2)C(=O)OC(C)(C)C12CC3CC(CC(C3)C1)C2. The van der Waals surface area contributed by atoms with E-state index in [9.17, 15) is 24.3 Å². The number of ether oxygens (including phenoxy) is 4. The zero-order valence-electron chi connectivity index (χ0n) is 31.2. The molecule has 10 unspecified atom stereocenters. The molecule has 1 heterocycles. The normalized spacial score (nSPS) is 41.9. The van der Waals surface area contributed by atoms with E-state index in [2.05, 4.69) is 13.8 Å². The first-order valence-corrected chi connectivity index (χ1v) is 20.7. The van der Waals surface area contributed by atoms with E-state index >= 15 is 0 Å². The first-order valence-electron chi connectivity index (χ1n) is 20.7. The summed E-state index contributed by atoms with van der Waals surface area (Å²) in [5, 5.41) is 11.4. The van der Waals surface area contributed by atoms with Gasteiger partial charge in [-0.3, -0.25) is 19.2 Å². The predicted octanol–water partition coefficient (Wildman–Crippen LogP) is 10.5. The molecule has 11 aliphatic rings. The van der Waals surface area contributed by atoms with Crippen molar-refractivity contribution in [3.05, 3.63) is 0 Å². The molecule has 0 aromatic heterocycles. The summed E-state index contributed by atoms with van der Waals surface area (Å²) >= 11 is 0. The third kappa shape index (κ3) is 8.32. The third-order valence-electron chi connectivity index (χ3n) is 16.4. The van der Waals surface area contributed by atoms with Crippen LogP contribution < -0.4 is 0 Å². The number of esters is 4. The second-order valence-corrected chi connectivity index (χ2v) is 20.4. The van der Waals surface area contributed by atoms with Crippen LogP contribution in [0, 0.1) is 70.5 Å². The number of aliphatic hydroxyl groups is 1. The summed E-state index contributed by atoms with van der Waals surface area (Å²) in [6.07, 6.45) is 13.7. The zero-order valence-corrected chi connectivity index (χ0v) is 31.2. The molecule has 1 N–H and O–H groups in total. The van der Waals surface area contributed by atoms with E-state index in [1.54, 1.807) is 6.92 Å². The lowest BCUT2D eigenvalue weighted by Gasteiger charge is -2.61. The summed E-state index contributed by atoms with van der Waals surface area (Å²) in [6, 6.07) is 0. The van der Waals surface area contributed by atoms with Crippen molar-refractivity contribution in [1.82, 2.24) is 0 Å². The average Bonchev–Trinajstić information content (AvgIpc) is 3.66. The fraction of sp³-hybridized carbons (Fsp3) is 0.917. The van der Waals surface area contributed by atoms with Crippen molar-refractivity contribution < 1.29 is 43.2 Å². The first-order chi connectivity index (χ1) is 24.1. The minimum atomic E-state index is -0.779. The van der Waals surface area contributed by atoms with Gasteiger partial charge in [-0.15, -0.1) is 0 Å². The molecule has 11 fully saturated rings. The van der Waals surface area contributed by atoms with E-state index in [0.717, 1.165) is 75.5 Å². The third-order valence-corrected chi connectivity index (χ3v) is 16.4. The predicted molar refractivity (Wildman–Crippen MR) is 225 cm³/mol. The highest BCUT2D eigenvalue weighted by atomic mass is 16.6. The van der Waals surface area contributed by atoms with Gasteiger partial charge in [0.05, 0.1) is 29.3 Å². The fourth-order valence-corrected chi connectivity index (χ4v) is 14.7. The standard InChI is InChI=1S/C42H60O9.6CH4/c1-5-28(36(44)50-39(3,4)40-14-23-7-24(15-40)9-25(8-23)16-40)11-30(37(45)51-42-19-26-10-27(20-42)18-41(47,17-26)21-42)6-22(2)35(43)48-33-29-12-31-32(13-29)38(46)49-34(31)33;;;;;;/h22-34,47H,5-21H2,1-4H3;6*1H4. The Balaban J connectivity index is 0.00000145. The van der Waals surface area contributed by atoms with Gasteiger partial charge in [-0.05, 0) is 146 Å². The van der Waals surface area contributed by atoms with Crippen molar-refractivity contribution in [3.63, 3.8) is 0 Å². The maximum Gasteiger partial charge on any atom is 0.309 e. The van der Waals surface area contributed by atoms with E-state index < -0.39 is 46.6 Å². The minimum absolute atomic E-state index is 0. The molecule has 10 atom stereocenters. The van der Waals surface area contributed by atoms with Crippen molar-refractivity contribution in [1.29, 1.82) is 0 Å². The van der Waals surface area contributed by atoms with Crippen LogP contribution in [0.15, 0.2) is 0 Å². The summed E-state index contributed by atoms with van der Waals surface area (Å²) in [4.78, 5) is 54.6. The van der Waals surface area contributed by atoms with Crippen LogP contribution in [0.1, 0.15) is 181 Å². The van der Waals surface area contributed by atoms with Gasteiger partial charge >= 0.3 is 23.9 Å². The van der Waals surface area contributed by atoms with Crippen molar-refractivity contribution in [2.75, 3.05) is 0 Å². The van der Waals surface area contributed by atoms with Crippen LogP contribution in [0.5, 0.6) is 0 Å². The molecule has 0 radical (unpaired) electrons. The number of hydrogen-bond acceptors (Lipinski definition) is 9. The number of fused-ring (bicyclic) bond motifs is 1. The lowest BCUT2D eigenvalue weighted by atomic mass is 9.46. The molecule has 0 aromatic rings. The molecule has 11 rings (SSSR count). The van der Waals surface area contributed by atoms with Gasteiger partial charge in [0.1, 0.15) is 23.4 Å². The van der Waals surface area contributed by atoms with Gasteiger partial charge in [0, 0.05) is 23.7 Å². The van der Waals surface area contributed by atoms with Crippen LogP contribution >= 0.6 is 0 Å². The molecule has 9 heteroatoms. The Bertz CT molecular complexity index is 1420. The second kappa shape index (κ2) is 17.1. The van der Waals surface area contributed by atoms with Crippen LogP contribution in [0.3, 0.4) is 0 Å². The Morgan fingerprint density at radius 3 is 1.86 bits per heavy atom. The van der Waals surface area contributed by atoms with Gasteiger partial charge in [-0.25, -0.2) is 0 Å². The van der Waals surface area contributed by atoms with Crippen molar-refractivity contribution in [3.8, 4) is 0 Å². The number of hydrogen-bond donors (Lipinski definition) is 1. The average molecular weight is 805 g/mol. The molecule has 0 spiro atoms. The number of carbonyl (C=O) groups is 4. The van der Waals surface area contributed by atoms with E-state index in [-0.39, 0.29) is 105 Å². The molecule has 10 aliphatic carbocycles. The molecule has 10 saturated carbocycles. The molecule has 57 heavy (non-hydrogen) atoms.